The lowest BCUT2D eigenvalue weighted by atomic mass is 10.2. The smallest absolute Gasteiger partial charge is 0.408 e. The van der Waals surface area contributed by atoms with Gasteiger partial charge in [-0.1, -0.05) is 36.4 Å². The molecule has 0 fully saturated rings. The van der Waals surface area contributed by atoms with Crippen molar-refractivity contribution in [3.8, 4) is 0 Å². The molecule has 0 saturated heterocycles. The molecule has 1 heterocycles. The fraction of sp³-hybridized carbons (Fsp3) is 0.278. The summed E-state index contributed by atoms with van der Waals surface area (Å²) in [5.74, 6) is -0.583. The number of ether oxygens (including phenoxy) is 2. The van der Waals surface area contributed by atoms with Gasteiger partial charge in [-0.25, -0.2) is 9.59 Å². The second-order valence-corrected chi connectivity index (χ2v) is 5.38. The van der Waals surface area contributed by atoms with Crippen molar-refractivity contribution in [2.24, 2.45) is 0 Å². The van der Waals surface area contributed by atoms with Crippen molar-refractivity contribution < 1.29 is 19.1 Å². The van der Waals surface area contributed by atoms with Crippen LogP contribution in [0.15, 0.2) is 54.7 Å². The molecule has 0 aliphatic heterocycles. The first-order valence-electron chi connectivity index (χ1n) is 7.65. The number of carbonyl (C=O) groups excluding carboxylic acids is 2. The van der Waals surface area contributed by atoms with Crippen molar-refractivity contribution in [3.63, 3.8) is 0 Å². The molecule has 126 valence electrons. The standard InChI is InChI=1S/C18H20N2O4/c1-13(2)24-17(21)16(15-10-6-7-11-19-15)20-18(22)23-12-14-8-4-3-5-9-14/h3-11,13,16H,12H2,1-2H3,(H,20,22). The Morgan fingerprint density at radius 2 is 1.79 bits per heavy atom. The summed E-state index contributed by atoms with van der Waals surface area (Å²) in [6.07, 6.45) is 0.531. The van der Waals surface area contributed by atoms with E-state index in [2.05, 4.69) is 10.3 Å². The quantitative estimate of drug-likeness (QED) is 0.825. The molecule has 0 saturated carbocycles. The molecule has 0 spiro atoms. The van der Waals surface area contributed by atoms with Crippen LogP contribution in [0.4, 0.5) is 4.79 Å². The molecular formula is C18H20N2O4. The first kappa shape index (κ1) is 17.5. The Balaban J connectivity index is 2.02. The first-order chi connectivity index (χ1) is 11.6. The van der Waals surface area contributed by atoms with Crippen LogP contribution in [0.2, 0.25) is 0 Å². The Morgan fingerprint density at radius 3 is 2.42 bits per heavy atom. The Morgan fingerprint density at radius 1 is 1.08 bits per heavy atom. The van der Waals surface area contributed by atoms with Gasteiger partial charge in [0.1, 0.15) is 6.61 Å². The first-order valence-corrected chi connectivity index (χ1v) is 7.65. The van der Waals surface area contributed by atoms with Crippen LogP contribution in [0.5, 0.6) is 0 Å². The minimum absolute atomic E-state index is 0.112. The van der Waals surface area contributed by atoms with E-state index in [1.54, 1.807) is 38.2 Å². The van der Waals surface area contributed by atoms with Crippen LogP contribution < -0.4 is 5.32 Å². The topological polar surface area (TPSA) is 77.5 Å². The Kier molecular flexibility index (Phi) is 6.31. The van der Waals surface area contributed by atoms with Gasteiger partial charge in [-0.05, 0) is 31.5 Å². The lowest BCUT2D eigenvalue weighted by molar-refractivity contribution is -0.150. The van der Waals surface area contributed by atoms with E-state index < -0.39 is 18.1 Å². The van der Waals surface area contributed by atoms with Crippen molar-refractivity contribution in [3.05, 3.63) is 66.0 Å². The van der Waals surface area contributed by atoms with E-state index in [-0.39, 0.29) is 12.7 Å². The highest BCUT2D eigenvalue weighted by Gasteiger charge is 2.26. The molecule has 1 aromatic carbocycles. The summed E-state index contributed by atoms with van der Waals surface area (Å²) >= 11 is 0. The predicted molar refractivity (Wildman–Crippen MR) is 88.0 cm³/mol. The maximum absolute atomic E-state index is 12.2. The molecule has 1 unspecified atom stereocenters. The van der Waals surface area contributed by atoms with Gasteiger partial charge in [-0.15, -0.1) is 0 Å². The molecule has 2 rings (SSSR count). The van der Waals surface area contributed by atoms with Gasteiger partial charge in [0.25, 0.3) is 0 Å². The second kappa shape index (κ2) is 8.67. The number of benzene rings is 1. The highest BCUT2D eigenvalue weighted by Crippen LogP contribution is 2.13. The number of esters is 1. The van der Waals surface area contributed by atoms with Crippen molar-refractivity contribution in [2.75, 3.05) is 0 Å². The average Bonchev–Trinajstić information content (AvgIpc) is 2.59. The van der Waals surface area contributed by atoms with Crippen molar-refractivity contribution in [1.29, 1.82) is 0 Å². The molecule has 1 amide bonds. The molecule has 1 atom stereocenters. The number of nitrogens with one attached hydrogen (secondary N) is 1. The number of hydrogen-bond donors (Lipinski definition) is 1. The zero-order chi connectivity index (χ0) is 17.4. The zero-order valence-corrected chi connectivity index (χ0v) is 13.6. The van der Waals surface area contributed by atoms with Crippen LogP contribution in [0, 0.1) is 0 Å². The van der Waals surface area contributed by atoms with Crippen LogP contribution in [0.3, 0.4) is 0 Å². The van der Waals surface area contributed by atoms with Crippen molar-refractivity contribution >= 4 is 12.1 Å². The van der Waals surface area contributed by atoms with Crippen molar-refractivity contribution in [1.82, 2.24) is 10.3 Å². The van der Waals surface area contributed by atoms with Gasteiger partial charge < -0.3 is 14.8 Å². The van der Waals surface area contributed by atoms with Crippen LogP contribution in [0.1, 0.15) is 31.1 Å². The summed E-state index contributed by atoms with van der Waals surface area (Å²) in [5, 5.41) is 2.51. The largest absolute Gasteiger partial charge is 0.461 e. The third-order valence-electron chi connectivity index (χ3n) is 3.05. The number of amides is 1. The fourth-order valence-corrected chi connectivity index (χ4v) is 1.98. The summed E-state index contributed by atoms with van der Waals surface area (Å²) in [6.45, 7) is 3.59. The van der Waals surface area contributed by atoms with E-state index in [4.69, 9.17) is 9.47 Å². The van der Waals surface area contributed by atoms with Gasteiger partial charge in [0.2, 0.25) is 0 Å². The maximum atomic E-state index is 12.2. The Hall–Kier alpha value is -2.89. The number of carbonyl (C=O) groups is 2. The van der Waals surface area contributed by atoms with E-state index >= 15 is 0 Å². The number of nitrogens with zero attached hydrogens (tertiary/aromatic N) is 1. The van der Waals surface area contributed by atoms with Gasteiger partial charge in [-0.3, -0.25) is 4.98 Å². The fourth-order valence-electron chi connectivity index (χ4n) is 1.98. The van der Waals surface area contributed by atoms with E-state index in [0.29, 0.717) is 5.69 Å². The molecule has 0 aliphatic carbocycles. The van der Waals surface area contributed by atoms with Gasteiger partial charge in [0.15, 0.2) is 6.04 Å². The van der Waals surface area contributed by atoms with Crippen LogP contribution in [-0.2, 0) is 20.9 Å². The summed E-state index contributed by atoms with van der Waals surface area (Å²) in [5.41, 5.74) is 1.24. The van der Waals surface area contributed by atoms with Crippen molar-refractivity contribution in [2.45, 2.75) is 32.6 Å². The molecule has 2 aromatic rings. The number of pyridine rings is 1. The number of hydrogen-bond acceptors (Lipinski definition) is 5. The Bertz CT molecular complexity index is 659. The third-order valence-corrected chi connectivity index (χ3v) is 3.05. The summed E-state index contributed by atoms with van der Waals surface area (Å²) in [4.78, 5) is 28.4. The molecule has 1 aromatic heterocycles. The van der Waals surface area contributed by atoms with Crippen LogP contribution in [-0.4, -0.2) is 23.2 Å². The highest BCUT2D eigenvalue weighted by atomic mass is 16.6. The zero-order valence-electron chi connectivity index (χ0n) is 13.6. The number of rotatable bonds is 6. The molecule has 1 N–H and O–H groups in total. The summed E-state index contributed by atoms with van der Waals surface area (Å²) in [7, 11) is 0. The molecule has 6 nitrogen and oxygen atoms in total. The van der Waals surface area contributed by atoms with E-state index in [9.17, 15) is 9.59 Å². The normalized spacial score (nSPS) is 11.6. The molecular weight excluding hydrogens is 308 g/mol. The minimum atomic E-state index is -1.02. The lowest BCUT2D eigenvalue weighted by Gasteiger charge is -2.18. The van der Waals surface area contributed by atoms with E-state index in [0.717, 1.165) is 5.56 Å². The monoisotopic (exact) mass is 328 g/mol. The molecule has 24 heavy (non-hydrogen) atoms. The molecule has 0 radical (unpaired) electrons. The second-order valence-electron chi connectivity index (χ2n) is 5.38. The lowest BCUT2D eigenvalue weighted by Crippen LogP contribution is -2.36. The third kappa shape index (κ3) is 5.39. The van der Waals surface area contributed by atoms with Gasteiger partial charge in [-0.2, -0.15) is 0 Å². The highest BCUT2D eigenvalue weighted by molar-refractivity contribution is 5.82. The van der Waals surface area contributed by atoms with Gasteiger partial charge in [0.05, 0.1) is 11.8 Å². The van der Waals surface area contributed by atoms with Gasteiger partial charge >= 0.3 is 12.1 Å². The molecule has 0 aliphatic rings. The van der Waals surface area contributed by atoms with E-state index in [1.807, 2.05) is 30.3 Å². The number of alkyl carbamates (subject to hydrolysis) is 1. The summed E-state index contributed by atoms with van der Waals surface area (Å²) in [6, 6.07) is 13.4. The molecule has 0 bridgehead atoms. The van der Waals surface area contributed by atoms with Crippen LogP contribution in [0.25, 0.3) is 0 Å². The van der Waals surface area contributed by atoms with Crippen LogP contribution >= 0.6 is 0 Å². The number of aromatic nitrogens is 1. The molecule has 6 heteroatoms. The Labute approximate surface area is 140 Å². The maximum Gasteiger partial charge on any atom is 0.408 e. The van der Waals surface area contributed by atoms with Gasteiger partial charge in [0, 0.05) is 6.20 Å². The average molecular weight is 328 g/mol. The minimum Gasteiger partial charge on any atom is -0.461 e. The SMILES string of the molecule is CC(C)OC(=O)C(NC(=O)OCc1ccccc1)c1ccccn1. The predicted octanol–water partition coefficient (Wildman–Crippen LogP) is 3.00. The van der Waals surface area contributed by atoms with E-state index in [1.165, 1.54) is 0 Å². The summed E-state index contributed by atoms with van der Waals surface area (Å²) < 4.78 is 10.3.